The minimum atomic E-state index is -0.236. The van der Waals surface area contributed by atoms with Crippen molar-refractivity contribution in [2.24, 2.45) is 0 Å². The normalized spacial score (nSPS) is 10.6. The molecule has 0 radical (unpaired) electrons. The van der Waals surface area contributed by atoms with Gasteiger partial charge < -0.3 is 24.3 Å². The first-order valence-corrected chi connectivity index (χ1v) is 8.08. The Hall–Kier alpha value is -2.99. The van der Waals surface area contributed by atoms with Gasteiger partial charge in [-0.1, -0.05) is 0 Å². The number of hydrogen-bond acceptors (Lipinski definition) is 5. The molecule has 6 nitrogen and oxygen atoms in total. The third-order valence-corrected chi connectivity index (χ3v) is 3.48. The van der Waals surface area contributed by atoms with Crippen LogP contribution in [-0.2, 0) is 9.53 Å². The molecule has 0 saturated heterocycles. The fourth-order valence-corrected chi connectivity index (χ4v) is 2.16. The van der Waals surface area contributed by atoms with Crippen molar-refractivity contribution in [2.75, 3.05) is 39.9 Å². The number of amides is 1. The fourth-order valence-electron chi connectivity index (χ4n) is 2.16. The summed E-state index contributed by atoms with van der Waals surface area (Å²) in [5.74, 6) is 1.81. The van der Waals surface area contributed by atoms with Gasteiger partial charge in [0.05, 0.1) is 20.8 Å². The van der Waals surface area contributed by atoms with E-state index < -0.39 is 0 Å². The number of methoxy groups -OCH3 is 3. The van der Waals surface area contributed by atoms with Crippen LogP contribution in [0.5, 0.6) is 17.2 Å². The van der Waals surface area contributed by atoms with E-state index in [0.29, 0.717) is 30.4 Å². The highest BCUT2D eigenvalue weighted by atomic mass is 16.5. The predicted molar refractivity (Wildman–Crippen MR) is 101 cm³/mol. The van der Waals surface area contributed by atoms with Crippen LogP contribution in [0.4, 0.5) is 5.69 Å². The summed E-state index contributed by atoms with van der Waals surface area (Å²) in [5, 5.41) is 2.80. The summed E-state index contributed by atoms with van der Waals surface area (Å²) < 4.78 is 20.8. The Kier molecular flexibility index (Phi) is 7.51. The predicted octanol–water partition coefficient (Wildman–Crippen LogP) is 3.38. The number of carbonyl (C=O) groups excluding carboxylic acids is 1. The zero-order valence-electron chi connectivity index (χ0n) is 15.2. The number of benzene rings is 2. The van der Waals surface area contributed by atoms with Gasteiger partial charge in [-0.25, -0.2) is 0 Å². The molecule has 0 fully saturated rings. The highest BCUT2D eigenvalue weighted by molar-refractivity contribution is 6.02. The molecule has 0 saturated carbocycles. The molecule has 0 heterocycles. The van der Waals surface area contributed by atoms with Gasteiger partial charge in [-0.3, -0.25) is 4.79 Å². The molecule has 138 valence electrons. The van der Waals surface area contributed by atoms with Crippen molar-refractivity contribution >= 4 is 17.7 Å². The Morgan fingerprint density at radius 2 is 1.58 bits per heavy atom. The number of anilines is 1. The lowest BCUT2D eigenvalue weighted by molar-refractivity contribution is -0.111. The first-order chi connectivity index (χ1) is 12.6. The molecule has 0 aromatic heterocycles. The Labute approximate surface area is 153 Å². The van der Waals surface area contributed by atoms with E-state index in [9.17, 15) is 4.79 Å². The van der Waals surface area contributed by atoms with Crippen molar-refractivity contribution in [1.29, 1.82) is 0 Å². The summed E-state index contributed by atoms with van der Waals surface area (Å²) in [6.07, 6.45) is 3.15. The molecule has 0 bridgehead atoms. The topological polar surface area (TPSA) is 66.0 Å². The van der Waals surface area contributed by atoms with Gasteiger partial charge in [-0.05, 0) is 48.0 Å². The number of nitrogens with one attached hydrogen (secondary N) is 1. The molecule has 2 aromatic rings. The van der Waals surface area contributed by atoms with E-state index in [1.807, 2.05) is 12.1 Å². The van der Waals surface area contributed by atoms with Gasteiger partial charge in [-0.15, -0.1) is 0 Å². The highest BCUT2D eigenvalue weighted by Gasteiger charge is 2.02. The SMILES string of the molecule is COCCOc1ccc(NC(=O)/C=C/c2cc(OC)cc(OC)c2)cc1. The number of rotatable bonds is 9. The molecule has 1 amide bonds. The first-order valence-electron chi connectivity index (χ1n) is 8.08. The van der Waals surface area contributed by atoms with Crippen molar-refractivity contribution < 1.29 is 23.7 Å². The number of hydrogen-bond donors (Lipinski definition) is 1. The van der Waals surface area contributed by atoms with E-state index in [2.05, 4.69) is 5.32 Å². The maximum atomic E-state index is 12.1. The largest absolute Gasteiger partial charge is 0.497 e. The Morgan fingerprint density at radius 3 is 2.15 bits per heavy atom. The lowest BCUT2D eigenvalue weighted by atomic mass is 10.2. The lowest BCUT2D eigenvalue weighted by Gasteiger charge is -2.07. The van der Waals surface area contributed by atoms with Gasteiger partial charge in [0.2, 0.25) is 5.91 Å². The van der Waals surface area contributed by atoms with Crippen LogP contribution in [-0.4, -0.2) is 40.5 Å². The van der Waals surface area contributed by atoms with Crippen molar-refractivity contribution in [1.82, 2.24) is 0 Å². The van der Waals surface area contributed by atoms with E-state index in [1.54, 1.807) is 57.7 Å². The molecule has 6 heteroatoms. The van der Waals surface area contributed by atoms with Crippen LogP contribution in [0.2, 0.25) is 0 Å². The molecule has 0 spiro atoms. The minimum Gasteiger partial charge on any atom is -0.497 e. The molecule has 2 aromatic carbocycles. The molecular formula is C20H23NO5. The van der Waals surface area contributed by atoms with Crippen LogP contribution in [0.15, 0.2) is 48.5 Å². The van der Waals surface area contributed by atoms with E-state index in [1.165, 1.54) is 6.08 Å². The van der Waals surface area contributed by atoms with Gasteiger partial charge in [0.25, 0.3) is 0 Å². The van der Waals surface area contributed by atoms with E-state index in [4.69, 9.17) is 18.9 Å². The van der Waals surface area contributed by atoms with Crippen LogP contribution in [0.1, 0.15) is 5.56 Å². The zero-order chi connectivity index (χ0) is 18.8. The third kappa shape index (κ3) is 6.14. The summed E-state index contributed by atoms with van der Waals surface area (Å²) in [5.41, 5.74) is 1.49. The van der Waals surface area contributed by atoms with E-state index >= 15 is 0 Å². The van der Waals surface area contributed by atoms with Crippen LogP contribution >= 0.6 is 0 Å². The maximum Gasteiger partial charge on any atom is 0.248 e. The number of carbonyl (C=O) groups is 1. The van der Waals surface area contributed by atoms with Crippen molar-refractivity contribution in [3.05, 3.63) is 54.1 Å². The molecule has 26 heavy (non-hydrogen) atoms. The fraction of sp³-hybridized carbons (Fsp3) is 0.250. The lowest BCUT2D eigenvalue weighted by Crippen LogP contribution is -2.08. The van der Waals surface area contributed by atoms with Crippen molar-refractivity contribution in [2.45, 2.75) is 0 Å². The zero-order valence-corrected chi connectivity index (χ0v) is 15.2. The standard InChI is InChI=1S/C20H23NO5/c1-23-10-11-26-17-7-5-16(6-8-17)21-20(22)9-4-15-12-18(24-2)14-19(13-15)25-3/h4-9,12-14H,10-11H2,1-3H3,(H,21,22)/b9-4+. The summed E-state index contributed by atoms with van der Waals surface area (Å²) in [7, 11) is 4.78. The average Bonchev–Trinajstić information content (AvgIpc) is 2.67. The second-order valence-corrected chi connectivity index (χ2v) is 5.33. The summed E-state index contributed by atoms with van der Waals surface area (Å²) in [6, 6.07) is 12.6. The van der Waals surface area contributed by atoms with Gasteiger partial charge in [-0.2, -0.15) is 0 Å². The summed E-state index contributed by atoms with van der Waals surface area (Å²) >= 11 is 0. The van der Waals surface area contributed by atoms with E-state index in [0.717, 1.165) is 11.3 Å². The molecule has 1 N–H and O–H groups in total. The maximum absolute atomic E-state index is 12.1. The van der Waals surface area contributed by atoms with Crippen LogP contribution in [0.25, 0.3) is 6.08 Å². The van der Waals surface area contributed by atoms with Crippen LogP contribution in [0.3, 0.4) is 0 Å². The Morgan fingerprint density at radius 1 is 0.923 bits per heavy atom. The molecule has 0 unspecified atom stereocenters. The monoisotopic (exact) mass is 357 g/mol. The second kappa shape index (κ2) is 10.1. The highest BCUT2D eigenvalue weighted by Crippen LogP contribution is 2.23. The van der Waals surface area contributed by atoms with Crippen LogP contribution < -0.4 is 19.5 Å². The van der Waals surface area contributed by atoms with Crippen LogP contribution in [0, 0.1) is 0 Å². The van der Waals surface area contributed by atoms with E-state index in [-0.39, 0.29) is 5.91 Å². The molecule has 0 atom stereocenters. The molecular weight excluding hydrogens is 334 g/mol. The second-order valence-electron chi connectivity index (χ2n) is 5.33. The minimum absolute atomic E-state index is 0.236. The molecule has 0 aliphatic rings. The third-order valence-electron chi connectivity index (χ3n) is 3.48. The molecule has 0 aliphatic heterocycles. The average molecular weight is 357 g/mol. The Balaban J connectivity index is 1.94. The van der Waals surface area contributed by atoms with Crippen molar-refractivity contribution in [3.63, 3.8) is 0 Å². The summed E-state index contributed by atoms with van der Waals surface area (Å²) in [4.78, 5) is 12.1. The van der Waals surface area contributed by atoms with Gasteiger partial charge in [0.15, 0.2) is 0 Å². The van der Waals surface area contributed by atoms with Gasteiger partial charge in [0, 0.05) is 24.9 Å². The van der Waals surface area contributed by atoms with Gasteiger partial charge >= 0.3 is 0 Å². The molecule has 2 rings (SSSR count). The Bertz CT molecular complexity index is 718. The molecule has 0 aliphatic carbocycles. The quantitative estimate of drug-likeness (QED) is 0.550. The van der Waals surface area contributed by atoms with Crippen molar-refractivity contribution in [3.8, 4) is 17.2 Å². The number of ether oxygens (including phenoxy) is 4. The summed E-state index contributed by atoms with van der Waals surface area (Å²) in [6.45, 7) is 1.01. The smallest absolute Gasteiger partial charge is 0.248 e. The van der Waals surface area contributed by atoms with Gasteiger partial charge in [0.1, 0.15) is 23.9 Å². The first kappa shape index (κ1) is 19.3.